The van der Waals surface area contributed by atoms with E-state index < -0.39 is 0 Å². The minimum absolute atomic E-state index is 0.913. The van der Waals surface area contributed by atoms with Gasteiger partial charge >= 0.3 is 0 Å². The van der Waals surface area contributed by atoms with E-state index in [1.165, 1.54) is 97.7 Å². The Kier molecular flexibility index (Phi) is 5.92. The Hall–Kier alpha value is -0.160. The maximum Gasteiger partial charge on any atom is 0.0109 e. The lowest BCUT2D eigenvalue weighted by Crippen LogP contribution is -2.41. The Morgan fingerprint density at radius 1 is 0.571 bits per heavy atom. The van der Waals surface area contributed by atoms with E-state index in [2.05, 4.69) is 26.6 Å². The molecule has 4 bridgehead atoms. The first-order valence-corrected chi connectivity index (χ1v) is 9.15. The third-order valence-corrected chi connectivity index (χ3v) is 5.72. The third kappa shape index (κ3) is 4.92. The van der Waals surface area contributed by atoms with Gasteiger partial charge in [0.2, 0.25) is 0 Å². The first-order chi connectivity index (χ1) is 10.3. The zero-order valence-corrected chi connectivity index (χ0v) is 14.0. The highest BCUT2D eigenvalue weighted by molar-refractivity contribution is 4.78. The van der Waals surface area contributed by atoms with Gasteiger partial charge < -0.3 is 19.6 Å². The normalized spacial score (nSPS) is 40.4. The Balaban J connectivity index is 1.74. The van der Waals surface area contributed by atoms with E-state index in [0.717, 1.165) is 5.92 Å². The van der Waals surface area contributed by atoms with Crippen molar-refractivity contribution in [3.8, 4) is 0 Å². The number of hydrogen-bond acceptors (Lipinski definition) is 4. The summed E-state index contributed by atoms with van der Waals surface area (Å²) in [5.41, 5.74) is 0. The van der Waals surface area contributed by atoms with Crippen molar-refractivity contribution in [3.05, 3.63) is 0 Å². The smallest absolute Gasteiger partial charge is 0.0109 e. The Bertz CT molecular complexity index is 309. The molecule has 122 valence electrons. The summed E-state index contributed by atoms with van der Waals surface area (Å²) >= 11 is 0. The van der Waals surface area contributed by atoms with E-state index in [1.807, 2.05) is 0 Å². The van der Waals surface area contributed by atoms with Crippen LogP contribution in [0.4, 0.5) is 0 Å². The summed E-state index contributed by atoms with van der Waals surface area (Å²) in [6.45, 7) is 14.3. The number of fused-ring (bicyclic) bond motifs is 5. The molecule has 0 aromatic heterocycles. The molecular weight excluding hydrogens is 260 g/mol. The second-order valence-corrected chi connectivity index (χ2v) is 7.44. The number of rotatable bonds is 0. The molecule has 0 amide bonds. The lowest BCUT2D eigenvalue weighted by atomic mass is 10.00. The number of likely N-dealkylation sites (N-methyl/N-ethyl adjacent to an activating group) is 1. The van der Waals surface area contributed by atoms with Crippen LogP contribution in [0.3, 0.4) is 0 Å². The van der Waals surface area contributed by atoms with Crippen molar-refractivity contribution in [2.24, 2.45) is 5.92 Å². The molecule has 3 saturated heterocycles. The van der Waals surface area contributed by atoms with E-state index >= 15 is 0 Å². The fourth-order valence-corrected chi connectivity index (χ4v) is 4.18. The molecule has 3 aliphatic rings. The lowest BCUT2D eigenvalue weighted by Gasteiger charge is -2.32. The average Bonchev–Trinajstić information content (AvgIpc) is 2.62. The summed E-state index contributed by atoms with van der Waals surface area (Å²) in [4.78, 5) is 10.8. The molecule has 0 radical (unpaired) electrons. The van der Waals surface area contributed by atoms with Gasteiger partial charge in [0.1, 0.15) is 0 Å². The zero-order valence-electron chi connectivity index (χ0n) is 14.0. The van der Waals surface area contributed by atoms with E-state index in [1.54, 1.807) is 0 Å². The highest BCUT2D eigenvalue weighted by Gasteiger charge is 2.22. The van der Waals surface area contributed by atoms with Crippen LogP contribution >= 0.6 is 0 Å². The van der Waals surface area contributed by atoms with Gasteiger partial charge in [-0.3, -0.25) is 0 Å². The van der Waals surface area contributed by atoms with Crippen LogP contribution in [0.15, 0.2) is 0 Å². The summed E-state index contributed by atoms with van der Waals surface area (Å²) in [5, 5.41) is 0. The van der Waals surface area contributed by atoms with Gasteiger partial charge in [-0.2, -0.15) is 0 Å². The van der Waals surface area contributed by atoms with Crippen LogP contribution in [-0.2, 0) is 0 Å². The van der Waals surface area contributed by atoms with Gasteiger partial charge in [0.25, 0.3) is 0 Å². The predicted octanol–water partition coefficient (Wildman–Crippen LogP) is 1.04. The van der Waals surface area contributed by atoms with Gasteiger partial charge in [-0.05, 0) is 77.9 Å². The maximum absolute atomic E-state index is 2.76. The molecular formula is C17H34N4. The molecule has 3 aliphatic heterocycles. The molecule has 0 saturated carbocycles. The second-order valence-electron chi connectivity index (χ2n) is 7.44. The standard InChI is InChI=1S/C17H34N4/c1-18-6-2-7-19-10-4-17-5-11-20(15-14-19)8-3-9-21(16-17)13-12-18/h17H,2-16H2,1H3. The molecule has 4 heteroatoms. The molecule has 21 heavy (non-hydrogen) atoms. The van der Waals surface area contributed by atoms with Gasteiger partial charge in [-0.25, -0.2) is 0 Å². The molecule has 3 rings (SSSR count). The summed E-state index contributed by atoms with van der Waals surface area (Å²) in [7, 11) is 2.30. The van der Waals surface area contributed by atoms with E-state index in [0.29, 0.717) is 0 Å². The first kappa shape index (κ1) is 15.7. The van der Waals surface area contributed by atoms with Crippen molar-refractivity contribution in [1.82, 2.24) is 19.6 Å². The molecule has 4 atom stereocenters. The summed E-state index contributed by atoms with van der Waals surface area (Å²) in [6, 6.07) is 0. The van der Waals surface area contributed by atoms with Crippen molar-refractivity contribution in [2.75, 3.05) is 79.0 Å². The van der Waals surface area contributed by atoms with Gasteiger partial charge in [-0.15, -0.1) is 0 Å². The number of hydrogen-bond donors (Lipinski definition) is 0. The van der Waals surface area contributed by atoms with Crippen molar-refractivity contribution >= 4 is 0 Å². The Morgan fingerprint density at radius 3 is 1.86 bits per heavy atom. The van der Waals surface area contributed by atoms with Crippen LogP contribution in [0.2, 0.25) is 0 Å². The third-order valence-electron chi connectivity index (χ3n) is 5.72. The van der Waals surface area contributed by atoms with Crippen molar-refractivity contribution in [1.29, 1.82) is 0 Å². The van der Waals surface area contributed by atoms with Crippen LogP contribution in [0.25, 0.3) is 0 Å². The minimum atomic E-state index is 0.913. The molecule has 0 aliphatic carbocycles. The predicted molar refractivity (Wildman–Crippen MR) is 88.8 cm³/mol. The van der Waals surface area contributed by atoms with Crippen molar-refractivity contribution in [2.45, 2.75) is 25.7 Å². The van der Waals surface area contributed by atoms with Crippen molar-refractivity contribution in [3.63, 3.8) is 0 Å². The fraction of sp³-hybridized carbons (Fsp3) is 1.00. The number of nitrogens with zero attached hydrogens (tertiary/aromatic N) is 4. The summed E-state index contributed by atoms with van der Waals surface area (Å²) in [6.07, 6.45) is 5.53. The van der Waals surface area contributed by atoms with Crippen LogP contribution in [0, 0.1) is 5.92 Å². The van der Waals surface area contributed by atoms with Crippen LogP contribution < -0.4 is 0 Å². The molecule has 0 spiro atoms. The molecule has 4 unspecified atom stereocenters. The summed E-state index contributed by atoms with van der Waals surface area (Å²) < 4.78 is 0. The lowest BCUT2D eigenvalue weighted by molar-refractivity contribution is 0.156. The average molecular weight is 294 g/mol. The molecule has 3 fully saturated rings. The van der Waals surface area contributed by atoms with Gasteiger partial charge in [0.05, 0.1) is 0 Å². The Morgan fingerprint density at radius 2 is 1.14 bits per heavy atom. The maximum atomic E-state index is 2.76. The topological polar surface area (TPSA) is 13.0 Å². The Labute approximate surface area is 131 Å². The SMILES string of the molecule is CN1CCCN2CCC3CCN(CCCN(CC1)C3)CC2. The second kappa shape index (κ2) is 7.91. The molecule has 3 heterocycles. The van der Waals surface area contributed by atoms with Crippen LogP contribution in [0.5, 0.6) is 0 Å². The van der Waals surface area contributed by atoms with Gasteiger partial charge in [0, 0.05) is 32.7 Å². The zero-order chi connectivity index (χ0) is 14.5. The first-order valence-electron chi connectivity index (χ1n) is 9.15. The molecule has 0 N–H and O–H groups in total. The van der Waals surface area contributed by atoms with E-state index in [4.69, 9.17) is 0 Å². The minimum Gasteiger partial charge on any atom is -0.305 e. The highest BCUT2D eigenvalue weighted by Crippen LogP contribution is 2.18. The quantitative estimate of drug-likeness (QED) is 0.662. The monoisotopic (exact) mass is 294 g/mol. The van der Waals surface area contributed by atoms with Crippen LogP contribution in [0.1, 0.15) is 25.7 Å². The van der Waals surface area contributed by atoms with Gasteiger partial charge in [0.15, 0.2) is 0 Å². The van der Waals surface area contributed by atoms with Gasteiger partial charge in [-0.1, -0.05) is 0 Å². The van der Waals surface area contributed by atoms with Crippen LogP contribution in [-0.4, -0.2) is 98.6 Å². The summed E-state index contributed by atoms with van der Waals surface area (Å²) in [5.74, 6) is 0.913. The molecule has 4 nitrogen and oxygen atoms in total. The fourth-order valence-electron chi connectivity index (χ4n) is 4.18. The molecule has 0 aromatic carbocycles. The van der Waals surface area contributed by atoms with E-state index in [9.17, 15) is 0 Å². The van der Waals surface area contributed by atoms with Crippen molar-refractivity contribution < 1.29 is 0 Å². The highest BCUT2D eigenvalue weighted by atomic mass is 15.2. The molecule has 0 aromatic rings. The van der Waals surface area contributed by atoms with E-state index in [-0.39, 0.29) is 0 Å². The largest absolute Gasteiger partial charge is 0.305 e.